The van der Waals surface area contributed by atoms with E-state index in [9.17, 15) is 13.2 Å². The van der Waals surface area contributed by atoms with Gasteiger partial charge >= 0.3 is 0 Å². The molecule has 3 aromatic rings. The fourth-order valence-electron chi connectivity index (χ4n) is 2.76. The smallest absolute Gasteiger partial charge is 0.251 e. The van der Waals surface area contributed by atoms with E-state index < -0.39 is 9.84 Å². The number of hydrogen-bond acceptors (Lipinski definition) is 5. The molecule has 146 valence electrons. The molecule has 0 aliphatic rings. The number of carbonyl (C=O) groups excluding carboxylic acids is 1. The number of aromatic amines is 1. The van der Waals surface area contributed by atoms with E-state index in [1.165, 1.54) is 0 Å². The molecule has 0 bridgehead atoms. The van der Waals surface area contributed by atoms with E-state index in [4.69, 9.17) is 12.2 Å². The van der Waals surface area contributed by atoms with Crippen molar-refractivity contribution in [2.45, 2.75) is 30.7 Å². The first-order valence-corrected chi connectivity index (χ1v) is 10.8. The van der Waals surface area contributed by atoms with Crippen molar-refractivity contribution >= 4 is 28.0 Å². The zero-order chi connectivity index (χ0) is 20.1. The Morgan fingerprint density at radius 3 is 2.46 bits per heavy atom. The number of benzene rings is 2. The summed E-state index contributed by atoms with van der Waals surface area (Å²) in [6.07, 6.45) is 0. The third kappa shape index (κ3) is 4.55. The Morgan fingerprint density at radius 1 is 1.14 bits per heavy atom. The summed E-state index contributed by atoms with van der Waals surface area (Å²) in [6.45, 7) is 2.84. The first-order chi connectivity index (χ1) is 13.4. The van der Waals surface area contributed by atoms with Gasteiger partial charge in [-0.2, -0.15) is 5.10 Å². The summed E-state index contributed by atoms with van der Waals surface area (Å²) in [6, 6.07) is 14.8. The monoisotopic (exact) mass is 416 g/mol. The van der Waals surface area contributed by atoms with Gasteiger partial charge in [-0.1, -0.05) is 30.3 Å². The van der Waals surface area contributed by atoms with Crippen LogP contribution in [0.2, 0.25) is 0 Å². The van der Waals surface area contributed by atoms with Gasteiger partial charge in [0.1, 0.15) is 0 Å². The molecule has 0 atom stereocenters. The Labute approximate surface area is 168 Å². The third-order valence-corrected chi connectivity index (χ3v) is 6.25. The Balaban J connectivity index is 1.65. The first-order valence-electron chi connectivity index (χ1n) is 8.69. The number of sulfone groups is 1. The fourth-order valence-corrected chi connectivity index (χ4v) is 4.41. The van der Waals surface area contributed by atoms with Gasteiger partial charge in [0.15, 0.2) is 20.4 Å². The summed E-state index contributed by atoms with van der Waals surface area (Å²) < 4.78 is 27.2. The van der Waals surface area contributed by atoms with Crippen LogP contribution in [0, 0.1) is 4.77 Å². The van der Waals surface area contributed by atoms with E-state index in [1.54, 1.807) is 59.2 Å². The molecule has 1 aromatic heterocycles. The van der Waals surface area contributed by atoms with Crippen LogP contribution >= 0.6 is 12.2 Å². The van der Waals surface area contributed by atoms with E-state index in [2.05, 4.69) is 15.5 Å². The summed E-state index contributed by atoms with van der Waals surface area (Å²) >= 11 is 5.12. The molecule has 0 aliphatic heterocycles. The number of carbonyl (C=O) groups is 1. The second-order valence-electron chi connectivity index (χ2n) is 6.14. The van der Waals surface area contributed by atoms with E-state index in [-0.39, 0.29) is 23.1 Å². The molecule has 0 unspecified atom stereocenters. The van der Waals surface area contributed by atoms with Crippen LogP contribution in [-0.2, 0) is 28.7 Å². The van der Waals surface area contributed by atoms with Crippen molar-refractivity contribution in [1.29, 1.82) is 0 Å². The highest BCUT2D eigenvalue weighted by atomic mass is 32.2. The van der Waals surface area contributed by atoms with Crippen LogP contribution in [0.15, 0.2) is 59.5 Å². The van der Waals surface area contributed by atoms with Crippen molar-refractivity contribution < 1.29 is 13.2 Å². The van der Waals surface area contributed by atoms with Crippen LogP contribution in [0.5, 0.6) is 0 Å². The van der Waals surface area contributed by atoms with Crippen molar-refractivity contribution in [2.75, 3.05) is 0 Å². The second kappa shape index (κ2) is 8.49. The van der Waals surface area contributed by atoms with Gasteiger partial charge in [0, 0.05) is 12.1 Å². The minimum atomic E-state index is -3.42. The standard InChI is InChI=1S/C19H20N4O3S2/c1-2-23-17(21-22-19(23)27)12-20-18(24)15-10-8-14(9-11-15)13-28(25,26)16-6-4-3-5-7-16/h3-11H,2,12-13H2,1H3,(H,20,24)(H,22,27). The number of rotatable bonds is 7. The number of hydrogen-bond donors (Lipinski definition) is 2. The van der Waals surface area contributed by atoms with E-state index in [0.717, 1.165) is 0 Å². The molecular formula is C19H20N4O3S2. The number of H-pyrrole nitrogens is 1. The second-order valence-corrected chi connectivity index (χ2v) is 8.52. The maximum Gasteiger partial charge on any atom is 0.251 e. The molecule has 0 aliphatic carbocycles. The zero-order valence-corrected chi connectivity index (χ0v) is 16.9. The number of amides is 1. The van der Waals surface area contributed by atoms with Crippen molar-refractivity contribution in [1.82, 2.24) is 20.1 Å². The molecule has 0 spiro atoms. The van der Waals surface area contributed by atoms with Gasteiger partial charge in [-0.25, -0.2) is 8.42 Å². The van der Waals surface area contributed by atoms with Crippen LogP contribution in [0.1, 0.15) is 28.7 Å². The van der Waals surface area contributed by atoms with Gasteiger partial charge in [0.25, 0.3) is 5.91 Å². The van der Waals surface area contributed by atoms with E-state index in [1.807, 2.05) is 6.92 Å². The molecule has 2 aromatic carbocycles. The molecule has 28 heavy (non-hydrogen) atoms. The predicted molar refractivity (Wildman–Crippen MR) is 108 cm³/mol. The van der Waals surface area contributed by atoms with Crippen LogP contribution < -0.4 is 5.32 Å². The van der Waals surface area contributed by atoms with Crippen LogP contribution in [0.3, 0.4) is 0 Å². The first kappa shape index (κ1) is 20.0. The SMILES string of the molecule is CCn1c(CNC(=O)c2ccc(CS(=O)(=O)c3ccccc3)cc2)n[nH]c1=S. The average molecular weight is 417 g/mol. The third-order valence-electron chi connectivity index (χ3n) is 4.24. The molecule has 1 amide bonds. The van der Waals surface area contributed by atoms with Gasteiger partial charge < -0.3 is 9.88 Å². The highest BCUT2D eigenvalue weighted by Crippen LogP contribution is 2.16. The Bertz CT molecular complexity index is 1120. The van der Waals surface area contributed by atoms with Crippen molar-refractivity contribution in [2.24, 2.45) is 0 Å². The molecule has 9 heteroatoms. The normalized spacial score (nSPS) is 11.3. The predicted octanol–water partition coefficient (Wildman–Crippen LogP) is 2.86. The summed E-state index contributed by atoms with van der Waals surface area (Å²) in [5, 5.41) is 9.59. The fraction of sp³-hybridized carbons (Fsp3) is 0.211. The minimum absolute atomic E-state index is 0.121. The van der Waals surface area contributed by atoms with Crippen LogP contribution in [0.25, 0.3) is 0 Å². The highest BCUT2D eigenvalue weighted by molar-refractivity contribution is 7.90. The van der Waals surface area contributed by atoms with Crippen LogP contribution in [-0.4, -0.2) is 29.1 Å². The van der Waals surface area contributed by atoms with Crippen molar-refractivity contribution in [3.05, 3.63) is 76.3 Å². The maximum atomic E-state index is 12.4. The van der Waals surface area contributed by atoms with Crippen molar-refractivity contribution in [3.8, 4) is 0 Å². The molecule has 0 fully saturated rings. The molecule has 3 rings (SSSR count). The minimum Gasteiger partial charge on any atom is -0.345 e. The van der Waals surface area contributed by atoms with Gasteiger partial charge in [-0.05, 0) is 49.0 Å². The average Bonchev–Trinajstić information content (AvgIpc) is 3.06. The molecule has 2 N–H and O–H groups in total. The van der Waals surface area contributed by atoms with E-state index >= 15 is 0 Å². The molecule has 0 saturated heterocycles. The lowest BCUT2D eigenvalue weighted by molar-refractivity contribution is 0.0949. The quantitative estimate of drug-likeness (QED) is 0.577. The largest absolute Gasteiger partial charge is 0.345 e. The molecule has 7 nitrogen and oxygen atoms in total. The molecule has 0 saturated carbocycles. The Kier molecular flexibility index (Phi) is 6.05. The topological polar surface area (TPSA) is 96.8 Å². The maximum absolute atomic E-state index is 12.4. The number of aromatic nitrogens is 3. The summed E-state index contributed by atoms with van der Waals surface area (Å²) in [5.41, 5.74) is 1.06. The summed E-state index contributed by atoms with van der Waals surface area (Å²) in [5.74, 6) is 0.255. The molecule has 1 heterocycles. The lowest BCUT2D eigenvalue weighted by Gasteiger charge is -2.08. The Hall–Kier alpha value is -2.78. The van der Waals surface area contributed by atoms with Gasteiger partial charge in [0.2, 0.25) is 0 Å². The van der Waals surface area contributed by atoms with Crippen molar-refractivity contribution in [3.63, 3.8) is 0 Å². The Morgan fingerprint density at radius 2 is 1.82 bits per heavy atom. The molecular weight excluding hydrogens is 396 g/mol. The lowest BCUT2D eigenvalue weighted by Crippen LogP contribution is -2.24. The van der Waals surface area contributed by atoms with Gasteiger partial charge in [-0.3, -0.25) is 9.89 Å². The van der Waals surface area contributed by atoms with Crippen LogP contribution in [0.4, 0.5) is 0 Å². The van der Waals surface area contributed by atoms with Gasteiger partial charge in [-0.15, -0.1) is 0 Å². The van der Waals surface area contributed by atoms with E-state index in [0.29, 0.717) is 28.3 Å². The lowest BCUT2D eigenvalue weighted by atomic mass is 10.1. The van der Waals surface area contributed by atoms with Gasteiger partial charge in [0.05, 0.1) is 17.2 Å². The highest BCUT2D eigenvalue weighted by Gasteiger charge is 2.15. The zero-order valence-electron chi connectivity index (χ0n) is 15.3. The number of nitrogens with one attached hydrogen (secondary N) is 2. The molecule has 0 radical (unpaired) electrons. The number of nitrogens with zero attached hydrogens (tertiary/aromatic N) is 2. The summed E-state index contributed by atoms with van der Waals surface area (Å²) in [7, 11) is -3.42. The summed E-state index contributed by atoms with van der Waals surface area (Å²) in [4.78, 5) is 12.6.